The molecular weight excluding hydrogens is 380 g/mol. The molecule has 3 heterocycles. The zero-order valence-electron chi connectivity index (χ0n) is 15.9. The monoisotopic (exact) mass is 402 g/mol. The standard InChI is InChI=1S/C23H22N4OS/c24-21(14-3-1-4-14)16-7-6-15(13-18(16)20-5-2-12-29-20)23(28)27-19-9-11-26-22-17(19)8-10-25-22/h2,5-14,21H,1,3-4,24H2,(H2,25,26,27,28). The van der Waals surface area contributed by atoms with Gasteiger partial charge in [0.2, 0.25) is 0 Å². The van der Waals surface area contributed by atoms with Gasteiger partial charge in [-0.15, -0.1) is 11.3 Å². The first kappa shape index (κ1) is 18.1. The molecule has 0 saturated heterocycles. The Morgan fingerprint density at radius 1 is 1.24 bits per heavy atom. The van der Waals surface area contributed by atoms with Crippen molar-refractivity contribution in [1.29, 1.82) is 0 Å². The van der Waals surface area contributed by atoms with Crippen molar-refractivity contribution < 1.29 is 4.79 Å². The maximum atomic E-state index is 13.0. The van der Waals surface area contributed by atoms with Crippen molar-refractivity contribution in [3.63, 3.8) is 0 Å². The van der Waals surface area contributed by atoms with Gasteiger partial charge in [-0.2, -0.15) is 0 Å². The highest BCUT2D eigenvalue weighted by molar-refractivity contribution is 7.13. The van der Waals surface area contributed by atoms with Crippen LogP contribution in [0, 0.1) is 5.92 Å². The second kappa shape index (κ2) is 7.46. The van der Waals surface area contributed by atoms with Gasteiger partial charge in [-0.25, -0.2) is 4.98 Å². The van der Waals surface area contributed by atoms with E-state index in [1.165, 1.54) is 19.3 Å². The number of fused-ring (bicyclic) bond motifs is 1. The van der Waals surface area contributed by atoms with Crippen LogP contribution in [0.15, 0.2) is 60.2 Å². The van der Waals surface area contributed by atoms with Crippen molar-refractivity contribution >= 4 is 34.0 Å². The van der Waals surface area contributed by atoms with Crippen LogP contribution in [-0.4, -0.2) is 15.9 Å². The van der Waals surface area contributed by atoms with Gasteiger partial charge in [0.25, 0.3) is 5.91 Å². The van der Waals surface area contributed by atoms with Crippen molar-refractivity contribution in [1.82, 2.24) is 9.97 Å². The van der Waals surface area contributed by atoms with Gasteiger partial charge < -0.3 is 16.0 Å². The van der Waals surface area contributed by atoms with Crippen molar-refractivity contribution in [2.45, 2.75) is 25.3 Å². The van der Waals surface area contributed by atoms with Gasteiger partial charge in [0.05, 0.1) is 5.69 Å². The van der Waals surface area contributed by atoms with Gasteiger partial charge in [-0.3, -0.25) is 4.79 Å². The molecule has 1 saturated carbocycles. The summed E-state index contributed by atoms with van der Waals surface area (Å²) < 4.78 is 0. The molecule has 5 rings (SSSR count). The quantitative estimate of drug-likeness (QED) is 0.421. The van der Waals surface area contributed by atoms with E-state index in [0.29, 0.717) is 11.5 Å². The van der Waals surface area contributed by atoms with Crippen LogP contribution in [0.25, 0.3) is 21.5 Å². The van der Waals surface area contributed by atoms with Gasteiger partial charge >= 0.3 is 0 Å². The molecule has 1 aliphatic rings. The van der Waals surface area contributed by atoms with Gasteiger partial charge in [0.1, 0.15) is 5.65 Å². The summed E-state index contributed by atoms with van der Waals surface area (Å²) in [7, 11) is 0. The molecule has 1 aromatic carbocycles. The lowest BCUT2D eigenvalue weighted by Gasteiger charge is -2.32. The first-order valence-electron chi connectivity index (χ1n) is 9.87. The second-order valence-electron chi connectivity index (χ2n) is 7.55. The van der Waals surface area contributed by atoms with E-state index in [-0.39, 0.29) is 11.9 Å². The van der Waals surface area contributed by atoms with Crippen LogP contribution < -0.4 is 11.1 Å². The van der Waals surface area contributed by atoms with Crippen LogP contribution in [0.2, 0.25) is 0 Å². The Bertz CT molecular complexity index is 1160. The number of carbonyl (C=O) groups is 1. The number of aromatic nitrogens is 2. The highest BCUT2D eigenvalue weighted by atomic mass is 32.1. The molecule has 0 radical (unpaired) electrons. The highest BCUT2D eigenvalue weighted by Gasteiger charge is 2.28. The average molecular weight is 403 g/mol. The molecule has 0 bridgehead atoms. The molecule has 1 fully saturated rings. The number of hydrogen-bond donors (Lipinski definition) is 3. The Morgan fingerprint density at radius 2 is 2.14 bits per heavy atom. The Balaban J connectivity index is 1.49. The third kappa shape index (κ3) is 3.34. The molecule has 29 heavy (non-hydrogen) atoms. The molecule has 4 aromatic rings. The molecule has 0 spiro atoms. The molecule has 1 aliphatic carbocycles. The Hall–Kier alpha value is -2.96. The summed E-state index contributed by atoms with van der Waals surface area (Å²) >= 11 is 1.67. The van der Waals surface area contributed by atoms with E-state index < -0.39 is 0 Å². The number of nitrogens with zero attached hydrogens (tertiary/aromatic N) is 1. The normalized spacial score (nSPS) is 15.2. The lowest BCUT2D eigenvalue weighted by molar-refractivity contribution is 0.102. The summed E-state index contributed by atoms with van der Waals surface area (Å²) in [5.41, 5.74) is 10.9. The van der Waals surface area contributed by atoms with Crippen LogP contribution in [0.1, 0.15) is 41.2 Å². The second-order valence-corrected chi connectivity index (χ2v) is 8.50. The SMILES string of the molecule is NC(c1ccc(C(=O)Nc2ccnc3[nH]ccc23)cc1-c1cccs1)C1CCC1. The van der Waals surface area contributed by atoms with E-state index in [9.17, 15) is 4.79 Å². The third-order valence-electron chi connectivity index (χ3n) is 5.83. The summed E-state index contributed by atoms with van der Waals surface area (Å²) in [4.78, 5) is 21.5. The largest absolute Gasteiger partial charge is 0.346 e. The van der Waals surface area contributed by atoms with Crippen LogP contribution in [0.4, 0.5) is 5.69 Å². The molecule has 4 N–H and O–H groups in total. The smallest absolute Gasteiger partial charge is 0.255 e. The number of nitrogens with one attached hydrogen (secondary N) is 2. The minimum absolute atomic E-state index is 0.0117. The number of H-pyrrole nitrogens is 1. The number of nitrogens with two attached hydrogens (primary N) is 1. The first-order chi connectivity index (χ1) is 14.2. The molecule has 1 atom stereocenters. The Labute approximate surface area is 173 Å². The zero-order valence-corrected chi connectivity index (χ0v) is 16.7. The summed E-state index contributed by atoms with van der Waals surface area (Å²) in [6.45, 7) is 0. The number of carbonyl (C=O) groups excluding carboxylic acids is 1. The van der Waals surface area contributed by atoms with Crippen LogP contribution in [0.5, 0.6) is 0 Å². The van der Waals surface area contributed by atoms with Crippen molar-refractivity contribution in [3.05, 3.63) is 71.4 Å². The Morgan fingerprint density at radius 3 is 2.90 bits per heavy atom. The predicted octanol–water partition coefficient (Wildman–Crippen LogP) is 5.34. The highest BCUT2D eigenvalue weighted by Crippen LogP contribution is 2.40. The fourth-order valence-corrected chi connectivity index (χ4v) is 4.72. The minimum Gasteiger partial charge on any atom is -0.346 e. The molecule has 3 aromatic heterocycles. The summed E-state index contributed by atoms with van der Waals surface area (Å²) in [5.74, 6) is 0.396. The van der Waals surface area contributed by atoms with Gasteiger partial charge in [0, 0.05) is 34.3 Å². The van der Waals surface area contributed by atoms with Crippen molar-refractivity contribution in [2.24, 2.45) is 11.7 Å². The van der Waals surface area contributed by atoms with Gasteiger partial charge in [-0.05, 0) is 65.6 Å². The third-order valence-corrected chi connectivity index (χ3v) is 6.73. The van der Waals surface area contributed by atoms with E-state index in [4.69, 9.17) is 5.73 Å². The maximum Gasteiger partial charge on any atom is 0.255 e. The number of aromatic amines is 1. The first-order valence-corrected chi connectivity index (χ1v) is 10.8. The lowest BCUT2D eigenvalue weighted by Crippen LogP contribution is -2.27. The van der Waals surface area contributed by atoms with E-state index in [2.05, 4.69) is 26.7 Å². The number of hydrogen-bond acceptors (Lipinski definition) is 4. The Kier molecular flexibility index (Phi) is 4.66. The van der Waals surface area contributed by atoms with E-state index in [1.54, 1.807) is 17.5 Å². The fourth-order valence-electron chi connectivity index (χ4n) is 3.95. The molecule has 6 heteroatoms. The van der Waals surface area contributed by atoms with E-state index in [0.717, 1.165) is 32.7 Å². The molecule has 1 unspecified atom stereocenters. The number of anilines is 1. The number of benzene rings is 1. The number of pyridine rings is 1. The molecule has 146 valence electrons. The number of rotatable bonds is 5. The molecule has 1 amide bonds. The van der Waals surface area contributed by atoms with Crippen molar-refractivity contribution in [3.8, 4) is 10.4 Å². The minimum atomic E-state index is -0.139. The summed E-state index contributed by atoms with van der Waals surface area (Å²) in [6, 6.07) is 13.8. The predicted molar refractivity (Wildman–Crippen MR) is 118 cm³/mol. The topological polar surface area (TPSA) is 83.8 Å². The van der Waals surface area contributed by atoms with Crippen LogP contribution in [0.3, 0.4) is 0 Å². The van der Waals surface area contributed by atoms with Gasteiger partial charge in [0.15, 0.2) is 0 Å². The summed E-state index contributed by atoms with van der Waals surface area (Å²) in [6.07, 6.45) is 7.13. The summed E-state index contributed by atoms with van der Waals surface area (Å²) in [5, 5.41) is 5.97. The van der Waals surface area contributed by atoms with Gasteiger partial charge in [-0.1, -0.05) is 18.6 Å². The lowest BCUT2D eigenvalue weighted by atomic mass is 9.76. The van der Waals surface area contributed by atoms with E-state index >= 15 is 0 Å². The van der Waals surface area contributed by atoms with Crippen LogP contribution >= 0.6 is 11.3 Å². The number of amides is 1. The van der Waals surface area contributed by atoms with Crippen LogP contribution in [-0.2, 0) is 0 Å². The molecule has 0 aliphatic heterocycles. The maximum absolute atomic E-state index is 13.0. The van der Waals surface area contributed by atoms with E-state index in [1.807, 2.05) is 42.6 Å². The average Bonchev–Trinajstić information content (AvgIpc) is 3.38. The number of thiophene rings is 1. The van der Waals surface area contributed by atoms with Crippen molar-refractivity contribution in [2.75, 3.05) is 5.32 Å². The fraction of sp³-hybridized carbons (Fsp3) is 0.217. The molecule has 5 nitrogen and oxygen atoms in total. The zero-order chi connectivity index (χ0) is 19.8. The molecular formula is C23H22N4OS.